The van der Waals surface area contributed by atoms with Crippen molar-refractivity contribution in [2.75, 3.05) is 0 Å². The Bertz CT molecular complexity index is 471. The predicted octanol–water partition coefficient (Wildman–Crippen LogP) is 2.76. The molecule has 1 atom stereocenters. The van der Waals surface area contributed by atoms with E-state index in [4.69, 9.17) is 11.5 Å². The lowest BCUT2D eigenvalue weighted by Gasteiger charge is -2.32. The third-order valence-electron chi connectivity index (χ3n) is 3.56. The summed E-state index contributed by atoms with van der Waals surface area (Å²) in [7, 11) is 0. The number of hydrogen-bond donors (Lipinski definition) is 2. The first-order valence-electron chi connectivity index (χ1n) is 6.51. The Balaban J connectivity index is 2.18. The first kappa shape index (κ1) is 12.9. The fourth-order valence-corrected chi connectivity index (χ4v) is 2.51. The maximum atomic E-state index is 6.50. The van der Waals surface area contributed by atoms with E-state index in [0.717, 1.165) is 18.5 Å². The van der Waals surface area contributed by atoms with Gasteiger partial charge < -0.3 is 11.5 Å². The smallest absolute Gasteiger partial charge is 0.0422 e. The van der Waals surface area contributed by atoms with Crippen LogP contribution in [-0.2, 0) is 6.42 Å². The predicted molar refractivity (Wildman–Crippen MR) is 76.9 cm³/mol. The standard InChI is InChI=1S/C16H22N2/c1-12(2)14-11-16(18,9-8-15(14)17)10-13-6-4-3-5-7-13/h3-9,12H,10-11,17-18H2,1-2H3. The molecule has 1 aromatic rings. The van der Waals surface area contributed by atoms with Crippen LogP contribution in [0.15, 0.2) is 53.8 Å². The monoisotopic (exact) mass is 242 g/mol. The zero-order valence-corrected chi connectivity index (χ0v) is 11.2. The van der Waals surface area contributed by atoms with Gasteiger partial charge in [-0.15, -0.1) is 0 Å². The fraction of sp³-hybridized carbons (Fsp3) is 0.375. The van der Waals surface area contributed by atoms with E-state index in [-0.39, 0.29) is 5.54 Å². The molecule has 2 nitrogen and oxygen atoms in total. The van der Waals surface area contributed by atoms with E-state index in [9.17, 15) is 0 Å². The summed E-state index contributed by atoms with van der Waals surface area (Å²) in [5.74, 6) is 0.452. The minimum absolute atomic E-state index is 0.302. The molecule has 0 saturated heterocycles. The molecule has 2 heteroatoms. The first-order valence-corrected chi connectivity index (χ1v) is 6.51. The summed E-state index contributed by atoms with van der Waals surface area (Å²) in [5.41, 5.74) is 15.7. The summed E-state index contributed by atoms with van der Waals surface area (Å²) in [6, 6.07) is 10.4. The molecule has 0 bridgehead atoms. The largest absolute Gasteiger partial charge is 0.399 e. The molecule has 2 rings (SSSR count). The Morgan fingerprint density at radius 1 is 1.22 bits per heavy atom. The molecule has 96 valence electrons. The lowest BCUT2D eigenvalue weighted by molar-refractivity contribution is 0.484. The second-order valence-electron chi connectivity index (χ2n) is 5.54. The molecule has 1 unspecified atom stereocenters. The summed E-state index contributed by atoms with van der Waals surface area (Å²) >= 11 is 0. The van der Waals surface area contributed by atoms with Gasteiger partial charge in [0.25, 0.3) is 0 Å². The van der Waals surface area contributed by atoms with Gasteiger partial charge >= 0.3 is 0 Å². The van der Waals surface area contributed by atoms with Crippen molar-refractivity contribution in [1.82, 2.24) is 0 Å². The van der Waals surface area contributed by atoms with Crippen LogP contribution < -0.4 is 11.5 Å². The van der Waals surface area contributed by atoms with E-state index in [0.29, 0.717) is 5.92 Å². The highest BCUT2D eigenvalue weighted by molar-refractivity contribution is 5.36. The Labute approximate surface area is 109 Å². The number of hydrogen-bond acceptors (Lipinski definition) is 2. The summed E-state index contributed by atoms with van der Waals surface area (Å²) < 4.78 is 0. The van der Waals surface area contributed by atoms with Gasteiger partial charge in [0.2, 0.25) is 0 Å². The van der Waals surface area contributed by atoms with Gasteiger partial charge in [-0.3, -0.25) is 0 Å². The first-order chi connectivity index (χ1) is 8.50. The van der Waals surface area contributed by atoms with Crippen molar-refractivity contribution in [2.45, 2.75) is 32.2 Å². The molecule has 0 spiro atoms. The molecule has 1 aromatic carbocycles. The minimum Gasteiger partial charge on any atom is -0.399 e. The molecule has 0 radical (unpaired) electrons. The van der Waals surface area contributed by atoms with E-state index >= 15 is 0 Å². The van der Waals surface area contributed by atoms with Crippen LogP contribution in [-0.4, -0.2) is 5.54 Å². The number of nitrogens with two attached hydrogens (primary N) is 2. The van der Waals surface area contributed by atoms with Crippen LogP contribution in [0.3, 0.4) is 0 Å². The van der Waals surface area contributed by atoms with E-state index in [2.05, 4.69) is 44.2 Å². The molecule has 18 heavy (non-hydrogen) atoms. The van der Waals surface area contributed by atoms with E-state index in [1.165, 1.54) is 11.1 Å². The van der Waals surface area contributed by atoms with Crippen molar-refractivity contribution < 1.29 is 0 Å². The van der Waals surface area contributed by atoms with Gasteiger partial charge in [-0.1, -0.05) is 50.3 Å². The molecule has 1 aliphatic carbocycles. The Morgan fingerprint density at radius 2 is 1.89 bits per heavy atom. The third kappa shape index (κ3) is 2.82. The van der Waals surface area contributed by atoms with Gasteiger partial charge in [0.15, 0.2) is 0 Å². The average Bonchev–Trinajstić information content (AvgIpc) is 2.33. The normalized spacial score (nSPS) is 23.8. The highest BCUT2D eigenvalue weighted by Crippen LogP contribution is 2.30. The lowest BCUT2D eigenvalue weighted by atomic mass is 9.78. The number of allylic oxidation sites excluding steroid dienone is 1. The van der Waals surface area contributed by atoms with Crippen LogP contribution in [0.5, 0.6) is 0 Å². The second-order valence-corrected chi connectivity index (χ2v) is 5.54. The highest BCUT2D eigenvalue weighted by atomic mass is 14.7. The van der Waals surface area contributed by atoms with Crippen molar-refractivity contribution in [3.05, 3.63) is 59.3 Å². The van der Waals surface area contributed by atoms with Gasteiger partial charge in [0, 0.05) is 11.2 Å². The van der Waals surface area contributed by atoms with Gasteiger partial charge in [-0.05, 0) is 36.0 Å². The minimum atomic E-state index is -0.302. The molecule has 0 fully saturated rings. The Kier molecular flexibility index (Phi) is 3.58. The average molecular weight is 242 g/mol. The van der Waals surface area contributed by atoms with E-state index in [1.807, 2.05) is 12.1 Å². The van der Waals surface area contributed by atoms with Crippen molar-refractivity contribution in [1.29, 1.82) is 0 Å². The zero-order chi connectivity index (χ0) is 13.2. The van der Waals surface area contributed by atoms with Crippen molar-refractivity contribution in [3.63, 3.8) is 0 Å². The molecule has 0 saturated carbocycles. The maximum Gasteiger partial charge on any atom is 0.0422 e. The van der Waals surface area contributed by atoms with Crippen LogP contribution in [0.2, 0.25) is 0 Å². The van der Waals surface area contributed by atoms with Crippen LogP contribution in [0.1, 0.15) is 25.8 Å². The van der Waals surface area contributed by atoms with Gasteiger partial charge in [0.1, 0.15) is 0 Å². The second kappa shape index (κ2) is 4.99. The fourth-order valence-electron chi connectivity index (χ4n) is 2.51. The molecular formula is C16H22N2. The SMILES string of the molecule is CC(C)C1=C(N)C=CC(N)(Cc2ccccc2)C1. The Morgan fingerprint density at radius 3 is 2.50 bits per heavy atom. The lowest BCUT2D eigenvalue weighted by Crippen LogP contribution is -2.43. The Hall–Kier alpha value is -1.54. The summed E-state index contributed by atoms with van der Waals surface area (Å²) in [5, 5.41) is 0. The molecule has 4 N–H and O–H groups in total. The molecule has 0 amide bonds. The molecule has 0 heterocycles. The molecule has 1 aliphatic rings. The topological polar surface area (TPSA) is 52.0 Å². The van der Waals surface area contributed by atoms with Gasteiger partial charge in [0.05, 0.1) is 0 Å². The third-order valence-corrected chi connectivity index (χ3v) is 3.56. The molecule has 0 aliphatic heterocycles. The summed E-state index contributed by atoms with van der Waals surface area (Å²) in [4.78, 5) is 0. The van der Waals surface area contributed by atoms with E-state index < -0.39 is 0 Å². The van der Waals surface area contributed by atoms with Crippen LogP contribution in [0.25, 0.3) is 0 Å². The van der Waals surface area contributed by atoms with Gasteiger partial charge in [-0.25, -0.2) is 0 Å². The van der Waals surface area contributed by atoms with Crippen molar-refractivity contribution in [3.8, 4) is 0 Å². The maximum absolute atomic E-state index is 6.50. The molecular weight excluding hydrogens is 220 g/mol. The van der Waals surface area contributed by atoms with Crippen molar-refractivity contribution in [2.24, 2.45) is 17.4 Å². The summed E-state index contributed by atoms with van der Waals surface area (Å²) in [6.07, 6.45) is 5.73. The molecule has 0 aromatic heterocycles. The zero-order valence-electron chi connectivity index (χ0n) is 11.2. The summed E-state index contributed by atoms with van der Waals surface area (Å²) in [6.45, 7) is 4.34. The number of benzene rings is 1. The van der Waals surface area contributed by atoms with Gasteiger partial charge in [-0.2, -0.15) is 0 Å². The quantitative estimate of drug-likeness (QED) is 0.856. The number of rotatable bonds is 3. The van der Waals surface area contributed by atoms with Crippen LogP contribution >= 0.6 is 0 Å². The highest BCUT2D eigenvalue weighted by Gasteiger charge is 2.28. The van der Waals surface area contributed by atoms with Crippen LogP contribution in [0.4, 0.5) is 0 Å². The van der Waals surface area contributed by atoms with Crippen LogP contribution in [0, 0.1) is 5.92 Å². The van der Waals surface area contributed by atoms with E-state index in [1.54, 1.807) is 0 Å². The van der Waals surface area contributed by atoms with Crippen molar-refractivity contribution >= 4 is 0 Å².